The van der Waals surface area contributed by atoms with Gasteiger partial charge in [0.25, 0.3) is 0 Å². The Labute approximate surface area is 85.5 Å². The molecule has 0 bridgehead atoms. The highest BCUT2D eigenvalue weighted by molar-refractivity contribution is 6.32. The average molecular weight is 219 g/mol. The van der Waals surface area contributed by atoms with Gasteiger partial charge in [0.15, 0.2) is 0 Å². The molecule has 0 aliphatic carbocycles. The van der Waals surface area contributed by atoms with Crippen LogP contribution in [0.2, 0.25) is 0 Å². The maximum Gasteiger partial charge on any atom is 0.372 e. The standard InChI is InChI=1S/C8H13NO6/c9-5(7(12)13)2-1-4(10)3-6(11)8(14)15/h4-5,10H,1-3,9H2,(H,12,13)(H,14,15). The maximum atomic E-state index is 10.6. The third-order valence-electron chi connectivity index (χ3n) is 1.79. The van der Waals surface area contributed by atoms with Crippen molar-refractivity contribution < 1.29 is 29.7 Å². The fourth-order valence-electron chi connectivity index (χ4n) is 0.899. The molecule has 0 saturated carbocycles. The van der Waals surface area contributed by atoms with Gasteiger partial charge in [0.1, 0.15) is 6.04 Å². The number of aliphatic hydroxyl groups is 1. The molecule has 0 heterocycles. The molecule has 0 radical (unpaired) electrons. The van der Waals surface area contributed by atoms with Crippen LogP contribution < -0.4 is 5.73 Å². The summed E-state index contributed by atoms with van der Waals surface area (Å²) in [5, 5.41) is 25.8. The van der Waals surface area contributed by atoms with E-state index < -0.39 is 36.3 Å². The molecule has 0 aromatic carbocycles. The molecule has 0 aliphatic heterocycles. The van der Waals surface area contributed by atoms with Gasteiger partial charge in [-0.05, 0) is 12.8 Å². The zero-order valence-corrected chi connectivity index (χ0v) is 7.92. The molecular formula is C8H13NO6. The van der Waals surface area contributed by atoms with Gasteiger partial charge < -0.3 is 21.1 Å². The summed E-state index contributed by atoms with van der Waals surface area (Å²) in [6, 6.07) is -1.11. The smallest absolute Gasteiger partial charge is 0.372 e. The molecule has 0 saturated heterocycles. The molecule has 7 heteroatoms. The molecule has 2 unspecified atom stereocenters. The fourth-order valence-corrected chi connectivity index (χ4v) is 0.899. The molecule has 86 valence electrons. The van der Waals surface area contributed by atoms with Crippen LogP contribution in [0.1, 0.15) is 19.3 Å². The number of nitrogens with two attached hydrogens (primary N) is 1. The number of hydrogen-bond donors (Lipinski definition) is 4. The van der Waals surface area contributed by atoms with Crippen LogP contribution in [0.4, 0.5) is 0 Å². The van der Waals surface area contributed by atoms with Gasteiger partial charge in [0, 0.05) is 6.42 Å². The van der Waals surface area contributed by atoms with E-state index >= 15 is 0 Å². The van der Waals surface area contributed by atoms with Crippen LogP contribution in [0.5, 0.6) is 0 Å². The van der Waals surface area contributed by atoms with E-state index in [1.165, 1.54) is 0 Å². The molecule has 0 fully saturated rings. The second-order valence-corrected chi connectivity index (χ2v) is 3.11. The van der Waals surface area contributed by atoms with Crippen molar-refractivity contribution in [3.05, 3.63) is 0 Å². The van der Waals surface area contributed by atoms with Crippen molar-refractivity contribution in [1.82, 2.24) is 0 Å². The Morgan fingerprint density at radius 1 is 1.13 bits per heavy atom. The Hall–Kier alpha value is -1.47. The lowest BCUT2D eigenvalue weighted by Crippen LogP contribution is -2.31. The van der Waals surface area contributed by atoms with E-state index in [-0.39, 0.29) is 12.8 Å². The molecule has 15 heavy (non-hydrogen) atoms. The van der Waals surface area contributed by atoms with E-state index in [2.05, 4.69) is 0 Å². The van der Waals surface area contributed by atoms with Gasteiger partial charge in [-0.1, -0.05) is 0 Å². The second-order valence-electron chi connectivity index (χ2n) is 3.11. The van der Waals surface area contributed by atoms with Crippen LogP contribution in [0, 0.1) is 0 Å². The lowest BCUT2D eigenvalue weighted by atomic mass is 10.0. The minimum absolute atomic E-state index is 0.0105. The van der Waals surface area contributed by atoms with Crippen LogP contribution in [-0.4, -0.2) is 45.2 Å². The van der Waals surface area contributed by atoms with E-state index in [0.29, 0.717) is 0 Å². The molecule has 5 N–H and O–H groups in total. The Morgan fingerprint density at radius 3 is 2.07 bits per heavy atom. The first-order valence-electron chi connectivity index (χ1n) is 4.27. The first-order chi connectivity index (χ1) is 6.84. The number of carbonyl (C=O) groups is 3. The number of carbonyl (C=O) groups excluding carboxylic acids is 1. The normalized spacial score (nSPS) is 14.3. The van der Waals surface area contributed by atoms with Crippen molar-refractivity contribution in [1.29, 1.82) is 0 Å². The molecule has 0 amide bonds. The third-order valence-corrected chi connectivity index (χ3v) is 1.79. The lowest BCUT2D eigenvalue weighted by Gasteiger charge is -2.10. The monoisotopic (exact) mass is 219 g/mol. The third kappa shape index (κ3) is 5.76. The minimum Gasteiger partial charge on any atom is -0.480 e. The molecule has 2 atom stereocenters. The molecule has 0 rings (SSSR count). The van der Waals surface area contributed by atoms with Crippen molar-refractivity contribution in [3.63, 3.8) is 0 Å². The van der Waals surface area contributed by atoms with Gasteiger partial charge in [-0.25, -0.2) is 4.79 Å². The summed E-state index contributed by atoms with van der Waals surface area (Å²) in [5.74, 6) is -3.92. The molecule has 0 aromatic heterocycles. The summed E-state index contributed by atoms with van der Waals surface area (Å²) in [4.78, 5) is 31.0. The largest absolute Gasteiger partial charge is 0.480 e. The quantitative estimate of drug-likeness (QED) is 0.385. The van der Waals surface area contributed by atoms with Crippen molar-refractivity contribution in [3.8, 4) is 0 Å². The van der Waals surface area contributed by atoms with E-state index in [1.807, 2.05) is 0 Å². The van der Waals surface area contributed by atoms with Crippen molar-refractivity contribution in [2.45, 2.75) is 31.4 Å². The number of aliphatic carboxylic acids is 2. The summed E-state index contributed by atoms with van der Waals surface area (Å²) in [6.07, 6.45) is -1.73. The van der Waals surface area contributed by atoms with Crippen LogP contribution in [-0.2, 0) is 14.4 Å². The van der Waals surface area contributed by atoms with Crippen LogP contribution in [0.3, 0.4) is 0 Å². The number of carboxylic acids is 2. The number of rotatable bonds is 7. The zero-order chi connectivity index (χ0) is 12.0. The van der Waals surface area contributed by atoms with Gasteiger partial charge in [0.2, 0.25) is 5.78 Å². The molecule has 7 nitrogen and oxygen atoms in total. The SMILES string of the molecule is NC(CCC(O)CC(=O)C(=O)O)C(=O)O. The molecule has 0 aromatic rings. The molecular weight excluding hydrogens is 206 g/mol. The van der Waals surface area contributed by atoms with E-state index in [4.69, 9.17) is 21.1 Å². The van der Waals surface area contributed by atoms with E-state index in [9.17, 15) is 14.4 Å². The Balaban J connectivity index is 3.85. The zero-order valence-electron chi connectivity index (χ0n) is 7.92. The first kappa shape index (κ1) is 13.5. The van der Waals surface area contributed by atoms with Crippen LogP contribution in [0.15, 0.2) is 0 Å². The number of hydrogen-bond acceptors (Lipinski definition) is 5. The van der Waals surface area contributed by atoms with Gasteiger partial charge >= 0.3 is 11.9 Å². The number of Topliss-reactive ketones (excluding diaryl/α,β-unsaturated/α-hetero) is 1. The maximum absolute atomic E-state index is 10.6. The highest BCUT2D eigenvalue weighted by Crippen LogP contribution is 2.04. The lowest BCUT2D eigenvalue weighted by molar-refractivity contribution is -0.150. The molecule has 0 spiro atoms. The highest BCUT2D eigenvalue weighted by atomic mass is 16.4. The van der Waals surface area contributed by atoms with Crippen LogP contribution >= 0.6 is 0 Å². The number of aliphatic hydroxyl groups excluding tert-OH is 1. The predicted octanol–water partition coefficient (Wildman–Crippen LogP) is -1.42. The van der Waals surface area contributed by atoms with Crippen molar-refractivity contribution in [2.24, 2.45) is 5.73 Å². The summed E-state index contributed by atoms with van der Waals surface area (Å²) < 4.78 is 0. The van der Waals surface area contributed by atoms with Gasteiger partial charge in [0.05, 0.1) is 6.10 Å². The topological polar surface area (TPSA) is 138 Å². The Morgan fingerprint density at radius 2 is 1.67 bits per heavy atom. The minimum atomic E-state index is -1.61. The summed E-state index contributed by atoms with van der Waals surface area (Å²) in [6.45, 7) is 0. The van der Waals surface area contributed by atoms with Crippen molar-refractivity contribution >= 4 is 17.7 Å². The Bertz CT molecular complexity index is 264. The van der Waals surface area contributed by atoms with Gasteiger partial charge in [-0.3, -0.25) is 9.59 Å². The fraction of sp³-hybridized carbons (Fsp3) is 0.625. The van der Waals surface area contributed by atoms with Gasteiger partial charge in [-0.15, -0.1) is 0 Å². The number of ketones is 1. The van der Waals surface area contributed by atoms with Gasteiger partial charge in [-0.2, -0.15) is 0 Å². The Kier molecular flexibility index (Phi) is 5.50. The highest BCUT2D eigenvalue weighted by Gasteiger charge is 2.19. The summed E-state index contributed by atoms with van der Waals surface area (Å²) in [7, 11) is 0. The van der Waals surface area contributed by atoms with E-state index in [0.717, 1.165) is 0 Å². The second kappa shape index (κ2) is 6.10. The average Bonchev–Trinajstić information content (AvgIpc) is 2.13. The number of carboxylic acid groups (broad SMARTS) is 2. The van der Waals surface area contributed by atoms with Crippen molar-refractivity contribution in [2.75, 3.05) is 0 Å². The van der Waals surface area contributed by atoms with E-state index in [1.54, 1.807) is 0 Å². The molecule has 0 aliphatic rings. The summed E-state index contributed by atoms with van der Waals surface area (Å²) >= 11 is 0. The summed E-state index contributed by atoms with van der Waals surface area (Å²) in [5.41, 5.74) is 5.14. The van der Waals surface area contributed by atoms with Crippen LogP contribution in [0.25, 0.3) is 0 Å². The first-order valence-corrected chi connectivity index (χ1v) is 4.27. The predicted molar refractivity (Wildman–Crippen MR) is 48.1 cm³/mol.